The van der Waals surface area contributed by atoms with Gasteiger partial charge in [0.15, 0.2) is 0 Å². The van der Waals surface area contributed by atoms with Crippen LogP contribution in [0, 0.1) is 22.7 Å². The second-order valence-electron chi connectivity index (χ2n) is 10.7. The maximum absolute atomic E-state index is 10.6. The van der Waals surface area contributed by atoms with Gasteiger partial charge in [0.25, 0.3) is 0 Å². The number of aliphatic hydroxyl groups excluding tert-OH is 1. The van der Waals surface area contributed by atoms with Gasteiger partial charge in [0.1, 0.15) is 0 Å². The minimum atomic E-state index is -0.371. The Morgan fingerprint density at radius 3 is 2.46 bits per heavy atom. The van der Waals surface area contributed by atoms with E-state index < -0.39 is 0 Å². The van der Waals surface area contributed by atoms with Crippen LogP contribution >= 0.6 is 0 Å². The van der Waals surface area contributed by atoms with Crippen molar-refractivity contribution in [2.45, 2.75) is 71.5 Å². The number of hydrogen-bond donors (Lipinski definition) is 1. The number of rotatable bonds is 7. The molecule has 3 aliphatic rings. The molecule has 1 aromatic rings. The van der Waals surface area contributed by atoms with Crippen molar-refractivity contribution in [3.05, 3.63) is 35.9 Å². The maximum atomic E-state index is 10.6. The molecule has 1 N–H and O–H groups in total. The van der Waals surface area contributed by atoms with Crippen molar-refractivity contribution in [2.75, 3.05) is 26.2 Å². The highest BCUT2D eigenvalue weighted by atomic mass is 16.5. The van der Waals surface area contributed by atoms with E-state index in [0.29, 0.717) is 18.1 Å². The van der Waals surface area contributed by atoms with Crippen LogP contribution in [0.2, 0.25) is 0 Å². The molecule has 0 spiro atoms. The normalized spacial score (nSPS) is 34.0. The van der Waals surface area contributed by atoms with Crippen LogP contribution in [-0.2, 0) is 11.2 Å². The number of aliphatic hydroxyl groups is 1. The Hall–Kier alpha value is -0.900. The lowest BCUT2D eigenvalue weighted by molar-refractivity contribution is -0.114. The highest BCUT2D eigenvalue weighted by Gasteiger charge is 2.60. The molecule has 4 rings (SSSR count). The first kappa shape index (κ1) is 20.4. The van der Waals surface area contributed by atoms with E-state index >= 15 is 0 Å². The van der Waals surface area contributed by atoms with Gasteiger partial charge in [-0.15, -0.1) is 0 Å². The molecule has 1 aliphatic heterocycles. The van der Waals surface area contributed by atoms with Crippen LogP contribution in [0.25, 0.3) is 0 Å². The average Bonchev–Trinajstić information content (AvgIpc) is 3.15. The van der Waals surface area contributed by atoms with Gasteiger partial charge in [-0.2, -0.15) is 0 Å². The molecule has 28 heavy (non-hydrogen) atoms. The molecule has 0 amide bonds. The number of ether oxygens (including phenoxy) is 1. The lowest BCUT2D eigenvalue weighted by Gasteiger charge is -2.43. The number of likely N-dealkylation sites (tertiary alicyclic amines) is 1. The molecule has 3 heteroatoms. The molecule has 2 bridgehead atoms. The first-order chi connectivity index (χ1) is 13.4. The zero-order chi connectivity index (χ0) is 19.8. The lowest BCUT2D eigenvalue weighted by Crippen LogP contribution is -2.45. The van der Waals surface area contributed by atoms with E-state index in [9.17, 15) is 5.11 Å². The summed E-state index contributed by atoms with van der Waals surface area (Å²) >= 11 is 0. The van der Waals surface area contributed by atoms with Gasteiger partial charge >= 0.3 is 0 Å². The molecule has 2 saturated carbocycles. The number of piperidine rings is 1. The average molecular weight is 386 g/mol. The number of hydrogen-bond acceptors (Lipinski definition) is 3. The predicted octanol–water partition coefficient (Wildman–Crippen LogP) is 4.53. The first-order valence-corrected chi connectivity index (χ1v) is 11.4. The second kappa shape index (κ2) is 8.08. The third-order valence-electron chi connectivity index (χ3n) is 8.14. The minimum absolute atomic E-state index is 0.252. The summed E-state index contributed by atoms with van der Waals surface area (Å²) in [5.74, 6) is 1.57. The molecule has 0 unspecified atom stereocenters. The van der Waals surface area contributed by atoms with Crippen LogP contribution in [0.15, 0.2) is 30.3 Å². The summed E-state index contributed by atoms with van der Waals surface area (Å²) in [4.78, 5) is 2.43. The summed E-state index contributed by atoms with van der Waals surface area (Å²) in [5, 5.41) is 10.6. The van der Waals surface area contributed by atoms with Crippen molar-refractivity contribution < 1.29 is 9.84 Å². The van der Waals surface area contributed by atoms with Crippen molar-refractivity contribution in [1.29, 1.82) is 0 Å². The molecular formula is C25H39NO2. The number of β-amino-alcohol motifs (C(OH)–C–C–N with tert-alkyl or cyclic N) is 1. The van der Waals surface area contributed by atoms with Crippen molar-refractivity contribution >= 4 is 0 Å². The highest BCUT2D eigenvalue weighted by Crippen LogP contribution is 2.63. The molecule has 4 atom stereocenters. The molecular weight excluding hydrogens is 346 g/mol. The van der Waals surface area contributed by atoms with E-state index in [1.165, 1.54) is 44.1 Å². The summed E-state index contributed by atoms with van der Waals surface area (Å²) in [6.45, 7) is 10.6. The van der Waals surface area contributed by atoms with E-state index in [4.69, 9.17) is 4.74 Å². The zero-order valence-corrected chi connectivity index (χ0v) is 18.1. The monoisotopic (exact) mass is 385 g/mol. The van der Waals surface area contributed by atoms with E-state index in [1.54, 1.807) is 0 Å². The molecule has 3 fully saturated rings. The Bertz CT molecular complexity index is 632. The maximum Gasteiger partial charge on any atom is 0.0900 e. The van der Waals surface area contributed by atoms with Gasteiger partial charge in [0, 0.05) is 6.54 Å². The fourth-order valence-corrected chi connectivity index (χ4v) is 6.55. The summed E-state index contributed by atoms with van der Waals surface area (Å²) in [6.07, 6.45) is 7.53. The van der Waals surface area contributed by atoms with Crippen molar-refractivity contribution in [3.8, 4) is 0 Å². The van der Waals surface area contributed by atoms with Gasteiger partial charge < -0.3 is 14.7 Å². The molecule has 156 valence electrons. The number of nitrogens with zero attached hydrogens (tertiary/aromatic N) is 1. The third kappa shape index (κ3) is 4.17. The van der Waals surface area contributed by atoms with E-state index in [-0.39, 0.29) is 11.5 Å². The summed E-state index contributed by atoms with van der Waals surface area (Å²) in [5.41, 5.74) is 2.03. The molecule has 0 radical (unpaired) electrons. The van der Waals surface area contributed by atoms with Crippen molar-refractivity contribution in [2.24, 2.45) is 22.7 Å². The lowest BCUT2D eigenvalue weighted by atomic mass is 9.70. The van der Waals surface area contributed by atoms with E-state index in [1.807, 2.05) is 0 Å². The van der Waals surface area contributed by atoms with Gasteiger partial charge in [0.2, 0.25) is 0 Å². The molecule has 0 aromatic heterocycles. The quantitative estimate of drug-likeness (QED) is 0.748. The number of fused-ring (bicyclic) bond motifs is 2. The SMILES string of the molecule is CC1(C)[C@H]2CC[C@](C)(C2)[C@@H]1OC[C@@H](O)CN1CCC(Cc2ccccc2)CC1. The Morgan fingerprint density at radius 2 is 1.82 bits per heavy atom. The summed E-state index contributed by atoms with van der Waals surface area (Å²) in [7, 11) is 0. The van der Waals surface area contributed by atoms with Gasteiger partial charge in [-0.05, 0) is 79.8 Å². The van der Waals surface area contributed by atoms with Crippen molar-refractivity contribution in [1.82, 2.24) is 4.90 Å². The van der Waals surface area contributed by atoms with Crippen molar-refractivity contribution in [3.63, 3.8) is 0 Å². The van der Waals surface area contributed by atoms with Gasteiger partial charge in [0.05, 0.1) is 18.8 Å². The summed E-state index contributed by atoms with van der Waals surface area (Å²) < 4.78 is 6.38. The Labute approximate surface area is 171 Å². The smallest absolute Gasteiger partial charge is 0.0900 e. The van der Waals surface area contributed by atoms with Crippen LogP contribution in [0.1, 0.15) is 58.4 Å². The Morgan fingerprint density at radius 1 is 1.11 bits per heavy atom. The fraction of sp³-hybridized carbons (Fsp3) is 0.760. The highest BCUT2D eigenvalue weighted by molar-refractivity contribution is 5.15. The van der Waals surface area contributed by atoms with Gasteiger partial charge in [-0.1, -0.05) is 51.1 Å². The van der Waals surface area contributed by atoms with Crippen LogP contribution < -0.4 is 0 Å². The van der Waals surface area contributed by atoms with E-state index in [0.717, 1.165) is 31.5 Å². The second-order valence-corrected chi connectivity index (χ2v) is 10.7. The zero-order valence-electron chi connectivity index (χ0n) is 18.1. The molecule has 2 aliphatic carbocycles. The van der Waals surface area contributed by atoms with Crippen LogP contribution in [-0.4, -0.2) is 48.5 Å². The third-order valence-corrected chi connectivity index (χ3v) is 8.14. The topological polar surface area (TPSA) is 32.7 Å². The minimum Gasteiger partial charge on any atom is -0.389 e. The molecule has 1 aromatic carbocycles. The molecule has 3 nitrogen and oxygen atoms in total. The molecule has 1 saturated heterocycles. The van der Waals surface area contributed by atoms with Crippen LogP contribution in [0.5, 0.6) is 0 Å². The summed E-state index contributed by atoms with van der Waals surface area (Å²) in [6, 6.07) is 10.8. The van der Waals surface area contributed by atoms with Crippen LogP contribution in [0.4, 0.5) is 0 Å². The Kier molecular flexibility index (Phi) is 5.88. The largest absolute Gasteiger partial charge is 0.389 e. The van der Waals surface area contributed by atoms with Gasteiger partial charge in [-0.3, -0.25) is 0 Å². The predicted molar refractivity (Wildman–Crippen MR) is 114 cm³/mol. The van der Waals surface area contributed by atoms with Crippen LogP contribution in [0.3, 0.4) is 0 Å². The Balaban J connectivity index is 1.20. The van der Waals surface area contributed by atoms with E-state index in [2.05, 4.69) is 56.0 Å². The van der Waals surface area contributed by atoms with Gasteiger partial charge in [-0.25, -0.2) is 0 Å². The fourth-order valence-electron chi connectivity index (χ4n) is 6.55. The standard InChI is InChI=1S/C25H39NO2/c1-24(2)21-9-12-25(3,16-21)23(24)28-18-22(27)17-26-13-10-20(11-14-26)15-19-7-5-4-6-8-19/h4-8,20-23,27H,9-18H2,1-3H3/t21-,22-,23+,25+/m0/s1. The molecule has 1 heterocycles. The number of benzene rings is 1. The first-order valence-electron chi connectivity index (χ1n) is 11.4.